The van der Waals surface area contributed by atoms with Gasteiger partial charge in [0.25, 0.3) is 0 Å². The van der Waals surface area contributed by atoms with E-state index in [2.05, 4.69) is 27.9 Å². The molecule has 8 heteroatoms. The number of guanidine groups is 1. The lowest BCUT2D eigenvalue weighted by Crippen LogP contribution is -2.40. The van der Waals surface area contributed by atoms with Gasteiger partial charge >= 0.3 is 0 Å². The standard InChI is InChI=1S/C22H35N5O2.HI/c1-3-18-10-8-11-19(16-18)26-20(28)17-25-22(23-4-2)24-13-9-15-27-14-7-5-6-12-21(27)29;/h8,10-11,16H,3-7,9,12-15,17H2,1-2H3,(H,26,28)(H2,23,24,25);1H. The summed E-state index contributed by atoms with van der Waals surface area (Å²) in [7, 11) is 0. The van der Waals surface area contributed by atoms with Gasteiger partial charge < -0.3 is 20.9 Å². The summed E-state index contributed by atoms with van der Waals surface area (Å²) in [6.07, 6.45) is 5.71. The number of anilines is 1. The van der Waals surface area contributed by atoms with E-state index in [-0.39, 0.29) is 42.3 Å². The van der Waals surface area contributed by atoms with E-state index in [9.17, 15) is 9.59 Å². The SMILES string of the molecule is CCNC(=NCC(=O)Nc1cccc(CC)c1)NCCCN1CCCCCC1=O.I. The minimum absolute atomic E-state index is 0. The third-order valence-electron chi connectivity index (χ3n) is 4.91. The summed E-state index contributed by atoms with van der Waals surface area (Å²) in [5.74, 6) is 0.740. The average molecular weight is 529 g/mol. The topological polar surface area (TPSA) is 85.8 Å². The lowest BCUT2D eigenvalue weighted by atomic mass is 10.1. The van der Waals surface area contributed by atoms with Gasteiger partial charge in [-0.05, 0) is 50.3 Å². The predicted octanol–water partition coefficient (Wildman–Crippen LogP) is 3.15. The van der Waals surface area contributed by atoms with Gasteiger partial charge in [0, 0.05) is 38.3 Å². The van der Waals surface area contributed by atoms with Crippen LogP contribution in [0, 0.1) is 0 Å². The molecule has 0 saturated carbocycles. The fraction of sp³-hybridized carbons (Fsp3) is 0.591. The molecular formula is C22H36IN5O2. The van der Waals surface area contributed by atoms with Gasteiger partial charge in [-0.1, -0.05) is 25.5 Å². The zero-order chi connectivity index (χ0) is 20.9. The van der Waals surface area contributed by atoms with Crippen molar-refractivity contribution in [2.24, 2.45) is 4.99 Å². The monoisotopic (exact) mass is 529 g/mol. The van der Waals surface area contributed by atoms with Crippen LogP contribution in [0.25, 0.3) is 0 Å². The molecule has 1 saturated heterocycles. The Kier molecular flexibility index (Phi) is 13.1. The van der Waals surface area contributed by atoms with Gasteiger partial charge in [0.1, 0.15) is 6.54 Å². The molecule has 30 heavy (non-hydrogen) atoms. The summed E-state index contributed by atoms with van der Waals surface area (Å²) in [5.41, 5.74) is 1.98. The second-order valence-electron chi connectivity index (χ2n) is 7.27. The first-order chi connectivity index (χ1) is 14.1. The molecule has 1 aliphatic heterocycles. The molecule has 0 aromatic heterocycles. The molecule has 7 nitrogen and oxygen atoms in total. The number of amides is 2. The molecule has 0 unspecified atom stereocenters. The van der Waals surface area contributed by atoms with Gasteiger partial charge in [0.15, 0.2) is 5.96 Å². The highest BCUT2D eigenvalue weighted by molar-refractivity contribution is 14.0. The summed E-state index contributed by atoms with van der Waals surface area (Å²) < 4.78 is 0. The van der Waals surface area contributed by atoms with Crippen molar-refractivity contribution in [1.82, 2.24) is 15.5 Å². The number of carbonyl (C=O) groups excluding carboxylic acids is 2. The Labute approximate surface area is 197 Å². The largest absolute Gasteiger partial charge is 0.357 e. The van der Waals surface area contributed by atoms with Crippen LogP contribution in [0.15, 0.2) is 29.3 Å². The van der Waals surface area contributed by atoms with Crippen LogP contribution in [0.1, 0.15) is 51.5 Å². The van der Waals surface area contributed by atoms with Crippen molar-refractivity contribution in [1.29, 1.82) is 0 Å². The number of hydrogen-bond acceptors (Lipinski definition) is 3. The van der Waals surface area contributed by atoms with Crippen LogP contribution >= 0.6 is 24.0 Å². The number of aliphatic imine (C=N–C) groups is 1. The predicted molar refractivity (Wildman–Crippen MR) is 134 cm³/mol. The van der Waals surface area contributed by atoms with E-state index in [0.717, 1.165) is 57.4 Å². The quantitative estimate of drug-likeness (QED) is 0.199. The third kappa shape index (κ3) is 9.77. The van der Waals surface area contributed by atoms with Crippen LogP contribution in [0.3, 0.4) is 0 Å². The minimum Gasteiger partial charge on any atom is -0.357 e. The van der Waals surface area contributed by atoms with Crippen molar-refractivity contribution in [3.8, 4) is 0 Å². The molecule has 1 aliphatic rings. The number of nitrogens with zero attached hydrogens (tertiary/aromatic N) is 2. The number of rotatable bonds is 9. The van der Waals surface area contributed by atoms with Crippen molar-refractivity contribution in [3.05, 3.63) is 29.8 Å². The summed E-state index contributed by atoms with van der Waals surface area (Å²) in [5, 5.41) is 9.29. The molecule has 0 bridgehead atoms. The summed E-state index contributed by atoms with van der Waals surface area (Å²) >= 11 is 0. The number of halogens is 1. The first-order valence-corrected chi connectivity index (χ1v) is 10.8. The van der Waals surface area contributed by atoms with E-state index in [1.165, 1.54) is 5.56 Å². The van der Waals surface area contributed by atoms with Crippen molar-refractivity contribution >= 4 is 47.4 Å². The molecule has 0 spiro atoms. The third-order valence-corrected chi connectivity index (χ3v) is 4.91. The highest BCUT2D eigenvalue weighted by Gasteiger charge is 2.15. The zero-order valence-electron chi connectivity index (χ0n) is 18.2. The van der Waals surface area contributed by atoms with Crippen LogP contribution in [-0.2, 0) is 16.0 Å². The molecule has 168 valence electrons. The first-order valence-electron chi connectivity index (χ1n) is 10.8. The normalized spacial score (nSPS) is 14.5. The second-order valence-corrected chi connectivity index (χ2v) is 7.27. The summed E-state index contributed by atoms with van der Waals surface area (Å²) in [6, 6.07) is 7.85. The van der Waals surface area contributed by atoms with Gasteiger partial charge in [0.2, 0.25) is 11.8 Å². The van der Waals surface area contributed by atoms with E-state index in [1.807, 2.05) is 36.1 Å². The van der Waals surface area contributed by atoms with Gasteiger partial charge in [0.05, 0.1) is 0 Å². The lowest BCUT2D eigenvalue weighted by Gasteiger charge is -2.20. The van der Waals surface area contributed by atoms with E-state index < -0.39 is 0 Å². The van der Waals surface area contributed by atoms with Gasteiger partial charge in [-0.25, -0.2) is 4.99 Å². The number of benzene rings is 1. The Balaban J connectivity index is 0.00000450. The average Bonchev–Trinajstić information content (AvgIpc) is 2.93. The maximum atomic E-state index is 12.2. The maximum Gasteiger partial charge on any atom is 0.246 e. The fourth-order valence-corrected chi connectivity index (χ4v) is 3.31. The molecule has 2 amide bonds. The molecular weight excluding hydrogens is 493 g/mol. The lowest BCUT2D eigenvalue weighted by molar-refractivity contribution is -0.130. The Morgan fingerprint density at radius 3 is 2.77 bits per heavy atom. The summed E-state index contributed by atoms with van der Waals surface area (Å²) in [6.45, 7) is 7.18. The fourth-order valence-electron chi connectivity index (χ4n) is 3.31. The molecule has 0 radical (unpaired) electrons. The number of carbonyl (C=O) groups is 2. The van der Waals surface area contributed by atoms with Crippen molar-refractivity contribution in [2.75, 3.05) is 38.0 Å². The van der Waals surface area contributed by atoms with E-state index in [4.69, 9.17) is 0 Å². The van der Waals surface area contributed by atoms with Crippen molar-refractivity contribution < 1.29 is 9.59 Å². The van der Waals surface area contributed by atoms with Gasteiger partial charge in [-0.2, -0.15) is 0 Å². The first kappa shape index (κ1) is 26.2. The van der Waals surface area contributed by atoms with Crippen LogP contribution < -0.4 is 16.0 Å². The number of aryl methyl sites for hydroxylation is 1. The van der Waals surface area contributed by atoms with E-state index in [0.29, 0.717) is 18.9 Å². The summed E-state index contributed by atoms with van der Waals surface area (Å²) in [4.78, 5) is 30.6. The molecule has 1 fully saturated rings. The number of likely N-dealkylation sites (tertiary alicyclic amines) is 1. The molecule has 3 N–H and O–H groups in total. The molecule has 1 aromatic carbocycles. The number of nitrogens with one attached hydrogen (secondary N) is 3. The van der Waals surface area contributed by atoms with E-state index >= 15 is 0 Å². The Morgan fingerprint density at radius 2 is 2.00 bits per heavy atom. The second kappa shape index (κ2) is 15.0. The molecule has 1 heterocycles. The zero-order valence-corrected chi connectivity index (χ0v) is 20.5. The van der Waals surface area contributed by atoms with Crippen molar-refractivity contribution in [3.63, 3.8) is 0 Å². The van der Waals surface area contributed by atoms with E-state index in [1.54, 1.807) is 0 Å². The van der Waals surface area contributed by atoms with Crippen LogP contribution in [0.5, 0.6) is 0 Å². The van der Waals surface area contributed by atoms with Crippen LogP contribution in [-0.4, -0.2) is 55.4 Å². The highest BCUT2D eigenvalue weighted by atomic mass is 127. The molecule has 0 aliphatic carbocycles. The molecule has 1 aromatic rings. The number of hydrogen-bond donors (Lipinski definition) is 3. The molecule has 2 rings (SSSR count). The van der Waals surface area contributed by atoms with Crippen molar-refractivity contribution in [2.45, 2.75) is 52.4 Å². The van der Waals surface area contributed by atoms with Gasteiger partial charge in [-0.3, -0.25) is 9.59 Å². The van der Waals surface area contributed by atoms with Crippen LogP contribution in [0.4, 0.5) is 5.69 Å². The Morgan fingerprint density at radius 1 is 1.17 bits per heavy atom. The Bertz CT molecular complexity index is 696. The smallest absolute Gasteiger partial charge is 0.246 e. The van der Waals surface area contributed by atoms with Crippen LogP contribution in [0.2, 0.25) is 0 Å². The molecule has 0 atom stereocenters. The van der Waals surface area contributed by atoms with Gasteiger partial charge in [-0.15, -0.1) is 24.0 Å². The minimum atomic E-state index is -0.148. The Hall–Kier alpha value is -1.84. The maximum absolute atomic E-state index is 12.2. The highest BCUT2D eigenvalue weighted by Crippen LogP contribution is 2.12.